The maximum atomic E-state index is 12.5. The highest BCUT2D eigenvalue weighted by molar-refractivity contribution is 9.10. The van der Waals surface area contributed by atoms with Crippen molar-refractivity contribution in [1.82, 2.24) is 19.2 Å². The number of halogens is 4. The maximum Gasteiger partial charge on any atom is 0.434 e. The van der Waals surface area contributed by atoms with Gasteiger partial charge in [-0.05, 0) is 15.9 Å². The van der Waals surface area contributed by atoms with Crippen LogP contribution in [0.25, 0.3) is 5.78 Å². The molecule has 0 radical (unpaired) electrons. The minimum Gasteiger partial charge on any atom is -0.267 e. The highest BCUT2D eigenvalue weighted by Gasteiger charge is 2.37. The van der Waals surface area contributed by atoms with Gasteiger partial charge in [0.25, 0.3) is 5.56 Å². The Morgan fingerprint density at radius 2 is 2.06 bits per heavy atom. The number of nitrogens with zero attached hydrogens (tertiary/aromatic N) is 4. The Bertz CT molecular complexity index is 614. The summed E-state index contributed by atoms with van der Waals surface area (Å²) >= 11 is 2.59. The van der Waals surface area contributed by atoms with Crippen LogP contribution in [-0.2, 0) is 13.2 Å². The van der Waals surface area contributed by atoms with E-state index in [4.69, 9.17) is 0 Å². The van der Waals surface area contributed by atoms with Crippen LogP contribution in [0.4, 0.5) is 13.2 Å². The van der Waals surface area contributed by atoms with Gasteiger partial charge in [-0.2, -0.15) is 18.3 Å². The van der Waals surface area contributed by atoms with Crippen molar-refractivity contribution in [3.05, 3.63) is 26.8 Å². The van der Waals surface area contributed by atoms with Gasteiger partial charge in [-0.15, -0.1) is 0 Å². The van der Waals surface area contributed by atoms with Crippen molar-refractivity contribution in [2.75, 3.05) is 0 Å². The molecule has 0 aliphatic heterocycles. The van der Waals surface area contributed by atoms with E-state index in [0.717, 1.165) is 15.4 Å². The highest BCUT2D eigenvalue weighted by Crippen LogP contribution is 2.31. The Kier molecular flexibility index (Phi) is 2.30. The summed E-state index contributed by atoms with van der Waals surface area (Å²) in [5.41, 5.74) is -2.09. The van der Waals surface area contributed by atoms with Crippen LogP contribution in [0.1, 0.15) is 5.69 Å². The molecule has 0 aromatic carbocycles. The van der Waals surface area contributed by atoms with Gasteiger partial charge in [0.1, 0.15) is 10.8 Å². The molecule has 0 aliphatic rings. The number of fused-ring (bicyclic) bond motifs is 1. The smallest absolute Gasteiger partial charge is 0.267 e. The molecule has 0 N–H and O–H groups in total. The molecule has 2 heterocycles. The highest BCUT2D eigenvalue weighted by atomic mass is 79.9. The van der Waals surface area contributed by atoms with Crippen LogP contribution in [0.15, 0.2) is 15.6 Å². The van der Waals surface area contributed by atoms with E-state index in [1.54, 1.807) is 0 Å². The molecule has 16 heavy (non-hydrogen) atoms. The van der Waals surface area contributed by atoms with Crippen LogP contribution < -0.4 is 5.56 Å². The zero-order chi connectivity index (χ0) is 12.1. The largest absolute Gasteiger partial charge is 0.434 e. The molecule has 0 fully saturated rings. The first-order valence-electron chi connectivity index (χ1n) is 3.99. The Balaban J connectivity index is 2.93. The summed E-state index contributed by atoms with van der Waals surface area (Å²) in [4.78, 5) is 14.9. The topological polar surface area (TPSA) is 52.2 Å². The van der Waals surface area contributed by atoms with Crippen LogP contribution in [0, 0.1) is 0 Å². The maximum absolute atomic E-state index is 12.5. The summed E-state index contributed by atoms with van der Waals surface area (Å²) in [5, 5.41) is 3.65. The van der Waals surface area contributed by atoms with Crippen molar-refractivity contribution in [1.29, 1.82) is 0 Å². The first-order valence-corrected chi connectivity index (χ1v) is 4.78. The van der Waals surface area contributed by atoms with Crippen molar-refractivity contribution in [3.8, 4) is 0 Å². The van der Waals surface area contributed by atoms with Gasteiger partial charge in [0.05, 0.1) is 0 Å². The van der Waals surface area contributed by atoms with Gasteiger partial charge in [-0.25, -0.2) is 14.1 Å². The summed E-state index contributed by atoms with van der Waals surface area (Å²) < 4.78 is 39.0. The monoisotopic (exact) mass is 296 g/mol. The van der Waals surface area contributed by atoms with Gasteiger partial charge in [-0.1, -0.05) is 0 Å². The number of aromatic nitrogens is 4. The lowest BCUT2D eigenvalue weighted by atomic mass is 10.4. The van der Waals surface area contributed by atoms with E-state index in [2.05, 4.69) is 26.0 Å². The van der Waals surface area contributed by atoms with Crippen molar-refractivity contribution in [2.45, 2.75) is 6.18 Å². The molecule has 0 bridgehead atoms. The summed E-state index contributed by atoms with van der Waals surface area (Å²) in [6.07, 6.45) is -3.58. The minimum atomic E-state index is -4.68. The van der Waals surface area contributed by atoms with Crippen molar-refractivity contribution >= 4 is 21.7 Å². The number of hydrogen-bond donors (Lipinski definition) is 0. The second-order valence-electron chi connectivity index (χ2n) is 3.00. The van der Waals surface area contributed by atoms with Crippen LogP contribution in [0.3, 0.4) is 0 Å². The van der Waals surface area contributed by atoms with E-state index in [1.807, 2.05) is 0 Å². The van der Waals surface area contributed by atoms with Crippen molar-refractivity contribution in [3.63, 3.8) is 0 Å². The van der Waals surface area contributed by atoms with Crippen LogP contribution in [0.2, 0.25) is 0 Å². The summed E-state index contributed by atoms with van der Waals surface area (Å²) in [6.45, 7) is 0. The van der Waals surface area contributed by atoms with Gasteiger partial charge < -0.3 is 0 Å². The summed E-state index contributed by atoms with van der Waals surface area (Å²) in [5.74, 6) is -0.166. The molecule has 5 nitrogen and oxygen atoms in total. The third kappa shape index (κ3) is 1.51. The lowest BCUT2D eigenvalue weighted by Crippen LogP contribution is -2.22. The van der Waals surface area contributed by atoms with Gasteiger partial charge in [-0.3, -0.25) is 4.79 Å². The second-order valence-corrected chi connectivity index (χ2v) is 3.79. The molecular weight excluding hydrogens is 293 g/mol. The predicted octanol–water partition coefficient (Wildman–Crippen LogP) is 1.21. The summed E-state index contributed by atoms with van der Waals surface area (Å²) in [7, 11) is 1.40. The first kappa shape index (κ1) is 11.1. The number of hydrogen-bond acceptors (Lipinski definition) is 3. The summed E-state index contributed by atoms with van der Waals surface area (Å²) in [6, 6.07) is 0. The van der Waals surface area contributed by atoms with Gasteiger partial charge >= 0.3 is 6.18 Å². The number of aryl methyl sites for hydroxylation is 1. The van der Waals surface area contributed by atoms with Gasteiger partial charge in [0.15, 0.2) is 5.69 Å². The molecule has 86 valence electrons. The number of rotatable bonds is 0. The van der Waals surface area contributed by atoms with E-state index in [-0.39, 0.29) is 5.78 Å². The lowest BCUT2D eigenvalue weighted by Gasteiger charge is -2.07. The van der Waals surface area contributed by atoms with E-state index < -0.39 is 21.9 Å². The molecule has 0 saturated heterocycles. The SMILES string of the molecule is Cn1ncn2c(=O)c(Br)c(C(F)(F)F)nc12. The first-order chi connectivity index (χ1) is 7.32. The van der Waals surface area contributed by atoms with Crippen molar-refractivity contribution < 1.29 is 13.2 Å². The molecule has 9 heteroatoms. The van der Waals surface area contributed by atoms with E-state index in [0.29, 0.717) is 0 Å². The average molecular weight is 297 g/mol. The second kappa shape index (κ2) is 3.30. The Morgan fingerprint density at radius 3 is 2.62 bits per heavy atom. The Morgan fingerprint density at radius 1 is 1.44 bits per heavy atom. The molecule has 0 unspecified atom stereocenters. The Labute approximate surface area is 94.6 Å². The zero-order valence-corrected chi connectivity index (χ0v) is 9.37. The average Bonchev–Trinajstić information content (AvgIpc) is 2.52. The molecule has 2 aromatic heterocycles. The third-order valence-corrected chi connectivity index (χ3v) is 2.65. The molecule has 0 spiro atoms. The molecule has 0 aliphatic carbocycles. The van der Waals surface area contributed by atoms with E-state index in [9.17, 15) is 18.0 Å². The fourth-order valence-electron chi connectivity index (χ4n) is 1.20. The zero-order valence-electron chi connectivity index (χ0n) is 7.79. The molecule has 2 aromatic rings. The molecular formula is C7H4BrF3N4O. The fraction of sp³-hybridized carbons (Fsp3) is 0.286. The van der Waals surface area contributed by atoms with Crippen LogP contribution >= 0.6 is 15.9 Å². The minimum absolute atomic E-state index is 0.166. The lowest BCUT2D eigenvalue weighted by molar-refractivity contribution is -0.141. The molecule has 0 atom stereocenters. The van der Waals surface area contributed by atoms with Gasteiger partial charge in [0, 0.05) is 7.05 Å². The van der Waals surface area contributed by atoms with Crippen LogP contribution in [-0.4, -0.2) is 19.2 Å². The molecule has 0 saturated carbocycles. The quantitative estimate of drug-likeness (QED) is 0.734. The standard InChI is InChI=1S/C7H4BrF3N4O/c1-14-6-13-4(7(9,10)11)3(8)5(16)15(6)2-12-14/h2H,1H3. The molecule has 2 rings (SSSR count). The molecule has 0 amide bonds. The predicted molar refractivity (Wildman–Crippen MR) is 50.9 cm³/mol. The Hall–Kier alpha value is -1.38. The third-order valence-electron chi connectivity index (χ3n) is 1.94. The van der Waals surface area contributed by atoms with Crippen LogP contribution in [0.5, 0.6) is 0 Å². The normalized spacial score (nSPS) is 12.3. The number of alkyl halides is 3. The van der Waals surface area contributed by atoms with E-state index in [1.165, 1.54) is 7.05 Å². The fourth-order valence-corrected chi connectivity index (χ4v) is 1.71. The van der Waals surface area contributed by atoms with Gasteiger partial charge in [0.2, 0.25) is 5.78 Å². The van der Waals surface area contributed by atoms with Crippen molar-refractivity contribution in [2.24, 2.45) is 7.05 Å². The van der Waals surface area contributed by atoms with E-state index >= 15 is 0 Å².